The van der Waals surface area contributed by atoms with Gasteiger partial charge in [-0.3, -0.25) is 9.36 Å². The maximum Gasteiger partial charge on any atom is 0.266 e. The van der Waals surface area contributed by atoms with Gasteiger partial charge in [-0.1, -0.05) is 23.9 Å². The first-order valence-electron chi connectivity index (χ1n) is 8.99. The predicted octanol–water partition coefficient (Wildman–Crippen LogP) is 5.25. The van der Waals surface area contributed by atoms with Crippen LogP contribution >= 0.6 is 11.8 Å². The van der Waals surface area contributed by atoms with Gasteiger partial charge in [-0.05, 0) is 36.4 Å². The predicted molar refractivity (Wildman–Crippen MR) is 108 cm³/mol. The number of rotatable bonds is 4. The Morgan fingerprint density at radius 1 is 0.875 bits per heavy atom. The van der Waals surface area contributed by atoms with Crippen molar-refractivity contribution in [2.75, 3.05) is 0 Å². The molecule has 0 atom stereocenters. The molecule has 0 aliphatic carbocycles. The summed E-state index contributed by atoms with van der Waals surface area (Å²) >= 11 is 0.637. The number of thioether (sulfide) groups is 1. The highest BCUT2D eigenvalue weighted by Crippen LogP contribution is 2.30. The summed E-state index contributed by atoms with van der Waals surface area (Å²) < 4.78 is 69.8. The Kier molecular flexibility index (Phi) is 5.67. The molecule has 4 rings (SSSR count). The molecule has 1 heterocycles. The monoisotopic (exact) mass is 459 g/mol. The summed E-state index contributed by atoms with van der Waals surface area (Å²) in [6.45, 7) is 0. The molecular formula is C22H10F5N3OS. The number of nitriles is 1. The van der Waals surface area contributed by atoms with Gasteiger partial charge in [0.15, 0.2) is 28.4 Å². The van der Waals surface area contributed by atoms with Crippen molar-refractivity contribution in [3.05, 3.63) is 99.1 Å². The van der Waals surface area contributed by atoms with E-state index in [2.05, 4.69) is 4.98 Å². The molecule has 0 amide bonds. The van der Waals surface area contributed by atoms with E-state index in [1.807, 2.05) is 6.07 Å². The number of hydrogen-bond donors (Lipinski definition) is 0. The average molecular weight is 459 g/mol. The van der Waals surface area contributed by atoms with Crippen LogP contribution in [0.25, 0.3) is 16.6 Å². The number of fused-ring (bicyclic) bond motifs is 1. The van der Waals surface area contributed by atoms with Crippen LogP contribution in [0.4, 0.5) is 22.0 Å². The Morgan fingerprint density at radius 3 is 2.09 bits per heavy atom. The van der Waals surface area contributed by atoms with Crippen molar-refractivity contribution >= 4 is 22.7 Å². The molecule has 0 aliphatic rings. The molecule has 0 bridgehead atoms. The van der Waals surface area contributed by atoms with Crippen molar-refractivity contribution in [2.24, 2.45) is 0 Å². The average Bonchev–Trinajstić information content (AvgIpc) is 2.82. The summed E-state index contributed by atoms with van der Waals surface area (Å²) in [4.78, 5) is 17.5. The van der Waals surface area contributed by atoms with Crippen molar-refractivity contribution in [2.45, 2.75) is 10.9 Å². The van der Waals surface area contributed by atoms with Crippen molar-refractivity contribution in [3.8, 4) is 11.8 Å². The molecular weight excluding hydrogens is 449 g/mol. The summed E-state index contributed by atoms with van der Waals surface area (Å²) in [5, 5.41) is 9.22. The van der Waals surface area contributed by atoms with E-state index in [9.17, 15) is 26.7 Å². The molecule has 0 radical (unpaired) electrons. The van der Waals surface area contributed by atoms with Crippen LogP contribution in [0.1, 0.15) is 11.1 Å². The lowest BCUT2D eigenvalue weighted by atomic mass is 10.2. The molecule has 0 unspecified atom stereocenters. The van der Waals surface area contributed by atoms with Gasteiger partial charge >= 0.3 is 0 Å². The minimum Gasteiger partial charge on any atom is -0.268 e. The molecule has 160 valence electrons. The maximum absolute atomic E-state index is 14.1. The van der Waals surface area contributed by atoms with Crippen LogP contribution in [-0.4, -0.2) is 9.55 Å². The van der Waals surface area contributed by atoms with E-state index in [-0.39, 0.29) is 10.5 Å². The van der Waals surface area contributed by atoms with Gasteiger partial charge in [0.1, 0.15) is 0 Å². The third-order valence-electron chi connectivity index (χ3n) is 4.65. The van der Waals surface area contributed by atoms with Crippen LogP contribution in [0.3, 0.4) is 0 Å². The van der Waals surface area contributed by atoms with Crippen molar-refractivity contribution in [3.63, 3.8) is 0 Å². The minimum absolute atomic E-state index is 0.0256. The second-order valence-electron chi connectivity index (χ2n) is 6.55. The van der Waals surface area contributed by atoms with E-state index in [0.717, 1.165) is 4.57 Å². The first-order chi connectivity index (χ1) is 15.3. The summed E-state index contributed by atoms with van der Waals surface area (Å²) in [6.07, 6.45) is 0. The zero-order valence-corrected chi connectivity index (χ0v) is 16.7. The van der Waals surface area contributed by atoms with Crippen LogP contribution in [-0.2, 0) is 5.75 Å². The molecule has 4 aromatic rings. The van der Waals surface area contributed by atoms with Crippen LogP contribution in [0.15, 0.2) is 58.5 Å². The quantitative estimate of drug-likeness (QED) is 0.138. The van der Waals surface area contributed by atoms with Gasteiger partial charge in [-0.2, -0.15) is 5.26 Å². The molecule has 32 heavy (non-hydrogen) atoms. The van der Waals surface area contributed by atoms with Crippen molar-refractivity contribution in [1.29, 1.82) is 5.26 Å². The first kappa shape index (κ1) is 21.5. The molecule has 0 saturated heterocycles. The van der Waals surface area contributed by atoms with E-state index in [1.54, 1.807) is 24.3 Å². The largest absolute Gasteiger partial charge is 0.268 e. The van der Waals surface area contributed by atoms with Gasteiger partial charge in [0.2, 0.25) is 5.82 Å². The Balaban J connectivity index is 1.86. The topological polar surface area (TPSA) is 58.7 Å². The van der Waals surface area contributed by atoms with Gasteiger partial charge in [0.05, 0.1) is 28.2 Å². The van der Waals surface area contributed by atoms with Gasteiger partial charge in [0, 0.05) is 11.3 Å². The smallest absolute Gasteiger partial charge is 0.266 e. The number of halogens is 5. The Bertz CT molecular complexity index is 1430. The van der Waals surface area contributed by atoms with E-state index in [4.69, 9.17) is 5.26 Å². The Hall–Kier alpha value is -3.71. The van der Waals surface area contributed by atoms with Gasteiger partial charge in [-0.15, -0.1) is 0 Å². The Labute approximate surface area is 181 Å². The zero-order chi connectivity index (χ0) is 23.0. The lowest BCUT2D eigenvalue weighted by Crippen LogP contribution is -2.21. The lowest BCUT2D eigenvalue weighted by molar-refractivity contribution is 0.372. The van der Waals surface area contributed by atoms with Gasteiger partial charge < -0.3 is 0 Å². The standard InChI is InChI=1S/C22H10F5N3OS/c23-16-14(17(24)19(26)20(27)18(16)25)10-32-22-29-15-4-2-1-3-13(15)21(31)30(22)12-7-5-11(9-28)6-8-12/h1-8H,10H2. The summed E-state index contributed by atoms with van der Waals surface area (Å²) in [7, 11) is 0. The lowest BCUT2D eigenvalue weighted by Gasteiger charge is -2.14. The van der Waals surface area contributed by atoms with Crippen LogP contribution in [0, 0.1) is 40.4 Å². The molecule has 3 aromatic carbocycles. The number of para-hydroxylation sites is 1. The fourth-order valence-electron chi connectivity index (χ4n) is 3.04. The second kappa shape index (κ2) is 8.43. The van der Waals surface area contributed by atoms with Gasteiger partial charge in [-0.25, -0.2) is 26.9 Å². The van der Waals surface area contributed by atoms with E-state index in [1.165, 1.54) is 24.3 Å². The van der Waals surface area contributed by atoms with Crippen LogP contribution < -0.4 is 5.56 Å². The molecule has 0 fully saturated rings. The number of hydrogen-bond acceptors (Lipinski definition) is 4. The maximum atomic E-state index is 14.1. The number of aromatic nitrogens is 2. The second-order valence-corrected chi connectivity index (χ2v) is 7.49. The summed E-state index contributed by atoms with van der Waals surface area (Å²) in [5.41, 5.74) is -0.582. The highest BCUT2D eigenvalue weighted by atomic mass is 32.2. The first-order valence-corrected chi connectivity index (χ1v) is 9.97. The van der Waals surface area contributed by atoms with Gasteiger partial charge in [0.25, 0.3) is 5.56 Å². The Morgan fingerprint density at radius 2 is 1.47 bits per heavy atom. The highest BCUT2D eigenvalue weighted by molar-refractivity contribution is 7.98. The fourth-order valence-corrected chi connectivity index (χ4v) is 4.04. The SMILES string of the molecule is N#Cc1ccc(-n2c(SCc3c(F)c(F)c(F)c(F)c3F)nc3ccccc3c2=O)cc1. The van der Waals surface area contributed by atoms with E-state index >= 15 is 0 Å². The molecule has 1 aromatic heterocycles. The van der Waals surface area contributed by atoms with Crippen LogP contribution in [0.5, 0.6) is 0 Å². The summed E-state index contributed by atoms with van der Waals surface area (Å²) in [6, 6.07) is 14.2. The number of benzene rings is 3. The van der Waals surface area contributed by atoms with Crippen LogP contribution in [0.2, 0.25) is 0 Å². The fraction of sp³-hybridized carbons (Fsp3) is 0.0455. The van der Waals surface area contributed by atoms with Crippen molar-refractivity contribution < 1.29 is 22.0 Å². The molecule has 10 heteroatoms. The minimum atomic E-state index is -2.24. The van der Waals surface area contributed by atoms with Crippen molar-refractivity contribution in [1.82, 2.24) is 9.55 Å². The molecule has 4 nitrogen and oxygen atoms in total. The molecule has 0 N–H and O–H groups in total. The highest BCUT2D eigenvalue weighted by Gasteiger charge is 2.26. The summed E-state index contributed by atoms with van der Waals surface area (Å²) in [5.74, 6) is -10.9. The number of nitrogens with zero attached hydrogens (tertiary/aromatic N) is 3. The van der Waals surface area contributed by atoms with E-state index in [0.29, 0.717) is 28.5 Å². The normalized spacial score (nSPS) is 11.0. The molecule has 0 aliphatic heterocycles. The molecule has 0 saturated carbocycles. The molecule has 0 spiro atoms. The third-order valence-corrected chi connectivity index (χ3v) is 5.61. The third kappa shape index (κ3) is 3.61. The van der Waals surface area contributed by atoms with E-state index < -0.39 is 46.0 Å². The zero-order valence-electron chi connectivity index (χ0n) is 15.9.